The van der Waals surface area contributed by atoms with Crippen LogP contribution in [0.2, 0.25) is 0 Å². The van der Waals surface area contributed by atoms with Gasteiger partial charge in [0.05, 0.1) is 12.5 Å². The summed E-state index contributed by atoms with van der Waals surface area (Å²) in [6.45, 7) is 3.29. The van der Waals surface area contributed by atoms with Crippen molar-refractivity contribution in [3.63, 3.8) is 0 Å². The van der Waals surface area contributed by atoms with Crippen LogP contribution in [0.1, 0.15) is 12.8 Å². The Hall–Kier alpha value is -1.10. The van der Waals surface area contributed by atoms with Crippen LogP contribution in [0.3, 0.4) is 0 Å². The van der Waals surface area contributed by atoms with Crippen LogP contribution in [0.15, 0.2) is 0 Å². The number of carbonyl (C=O) groups excluding carboxylic acids is 2. The van der Waals surface area contributed by atoms with Crippen LogP contribution in [0.4, 0.5) is 0 Å². The van der Waals surface area contributed by atoms with Crippen molar-refractivity contribution < 1.29 is 9.59 Å². The van der Waals surface area contributed by atoms with Gasteiger partial charge < -0.3 is 15.5 Å². The minimum absolute atomic E-state index is 0.0354. The van der Waals surface area contributed by atoms with Gasteiger partial charge in [0.2, 0.25) is 11.8 Å². The van der Waals surface area contributed by atoms with Gasteiger partial charge in [-0.3, -0.25) is 9.59 Å². The number of carbonyl (C=O) groups is 2. The van der Waals surface area contributed by atoms with Gasteiger partial charge in [0.1, 0.15) is 0 Å². The summed E-state index contributed by atoms with van der Waals surface area (Å²) >= 11 is 0. The molecule has 2 heterocycles. The molecule has 2 N–H and O–H groups in total. The molecule has 2 rings (SSSR count). The first-order chi connectivity index (χ1) is 7.27. The molecule has 0 aliphatic carbocycles. The Morgan fingerprint density at radius 3 is 3.00 bits per heavy atom. The van der Waals surface area contributed by atoms with Crippen molar-refractivity contribution in [3.05, 3.63) is 0 Å². The smallest absolute Gasteiger partial charge is 0.239 e. The molecule has 1 unspecified atom stereocenters. The molecule has 0 spiro atoms. The van der Waals surface area contributed by atoms with Crippen molar-refractivity contribution in [2.45, 2.75) is 12.8 Å². The largest absolute Gasteiger partial charge is 0.354 e. The SMILES string of the molecule is O=C1CN(C(=O)C2CCNC2)CCCN1. The molecule has 1 atom stereocenters. The van der Waals surface area contributed by atoms with E-state index in [0.717, 1.165) is 25.9 Å². The molecule has 0 bridgehead atoms. The molecule has 0 aromatic rings. The summed E-state index contributed by atoms with van der Waals surface area (Å²) in [6, 6.07) is 0. The van der Waals surface area contributed by atoms with Crippen LogP contribution < -0.4 is 10.6 Å². The van der Waals surface area contributed by atoms with E-state index in [1.807, 2.05) is 0 Å². The fourth-order valence-corrected chi connectivity index (χ4v) is 2.12. The summed E-state index contributed by atoms with van der Waals surface area (Å²) in [6.07, 6.45) is 1.76. The first-order valence-electron chi connectivity index (χ1n) is 5.53. The van der Waals surface area contributed by atoms with Crippen molar-refractivity contribution >= 4 is 11.8 Å². The molecule has 15 heavy (non-hydrogen) atoms. The monoisotopic (exact) mass is 211 g/mol. The third-order valence-corrected chi connectivity index (χ3v) is 2.98. The van der Waals surface area contributed by atoms with Crippen molar-refractivity contribution in [3.8, 4) is 0 Å². The van der Waals surface area contributed by atoms with E-state index in [4.69, 9.17) is 0 Å². The fraction of sp³-hybridized carbons (Fsp3) is 0.800. The molecule has 2 saturated heterocycles. The number of hydrogen-bond acceptors (Lipinski definition) is 3. The lowest BCUT2D eigenvalue weighted by Gasteiger charge is -2.22. The molecule has 2 fully saturated rings. The maximum absolute atomic E-state index is 12.0. The van der Waals surface area contributed by atoms with Gasteiger partial charge in [0.15, 0.2) is 0 Å². The Labute approximate surface area is 89.2 Å². The van der Waals surface area contributed by atoms with Gasteiger partial charge in [-0.05, 0) is 19.4 Å². The highest BCUT2D eigenvalue weighted by molar-refractivity contribution is 5.86. The Balaban J connectivity index is 1.95. The summed E-state index contributed by atoms with van der Waals surface area (Å²) < 4.78 is 0. The second-order valence-corrected chi connectivity index (χ2v) is 4.15. The Kier molecular flexibility index (Phi) is 3.20. The van der Waals surface area contributed by atoms with Crippen molar-refractivity contribution in [1.82, 2.24) is 15.5 Å². The molecule has 2 aliphatic heterocycles. The molecule has 2 aliphatic rings. The van der Waals surface area contributed by atoms with Crippen molar-refractivity contribution in [1.29, 1.82) is 0 Å². The highest BCUT2D eigenvalue weighted by Crippen LogP contribution is 2.12. The van der Waals surface area contributed by atoms with E-state index in [2.05, 4.69) is 10.6 Å². The van der Waals surface area contributed by atoms with Gasteiger partial charge in [-0.15, -0.1) is 0 Å². The number of amides is 2. The van der Waals surface area contributed by atoms with Gasteiger partial charge in [0, 0.05) is 19.6 Å². The maximum atomic E-state index is 12.0. The number of nitrogens with zero attached hydrogens (tertiary/aromatic N) is 1. The van der Waals surface area contributed by atoms with E-state index in [-0.39, 0.29) is 24.3 Å². The van der Waals surface area contributed by atoms with Gasteiger partial charge in [-0.2, -0.15) is 0 Å². The quantitative estimate of drug-likeness (QED) is 0.581. The maximum Gasteiger partial charge on any atom is 0.239 e. The molecule has 0 radical (unpaired) electrons. The second-order valence-electron chi connectivity index (χ2n) is 4.15. The molecular weight excluding hydrogens is 194 g/mol. The molecule has 2 amide bonds. The zero-order valence-corrected chi connectivity index (χ0v) is 8.79. The number of hydrogen-bond donors (Lipinski definition) is 2. The van der Waals surface area contributed by atoms with Gasteiger partial charge in [0.25, 0.3) is 0 Å². The van der Waals surface area contributed by atoms with Crippen LogP contribution >= 0.6 is 0 Å². The summed E-state index contributed by atoms with van der Waals surface area (Å²) in [5, 5.41) is 5.94. The average Bonchev–Trinajstić information content (AvgIpc) is 2.67. The van der Waals surface area contributed by atoms with Crippen LogP contribution in [-0.2, 0) is 9.59 Å². The van der Waals surface area contributed by atoms with E-state index in [1.54, 1.807) is 4.90 Å². The fourth-order valence-electron chi connectivity index (χ4n) is 2.12. The van der Waals surface area contributed by atoms with E-state index >= 15 is 0 Å². The Morgan fingerprint density at radius 1 is 1.40 bits per heavy atom. The molecule has 5 nitrogen and oxygen atoms in total. The van der Waals surface area contributed by atoms with Crippen LogP contribution in [-0.4, -0.2) is 49.4 Å². The third kappa shape index (κ3) is 2.47. The predicted octanol–water partition coefficient (Wildman–Crippen LogP) is -1.06. The minimum atomic E-state index is -0.0354. The van der Waals surface area contributed by atoms with Crippen LogP contribution in [0.25, 0.3) is 0 Å². The third-order valence-electron chi connectivity index (χ3n) is 2.98. The standard InChI is InChI=1S/C10H17N3O2/c14-9-7-13(5-1-3-12-9)10(15)8-2-4-11-6-8/h8,11H,1-7H2,(H,12,14). The predicted molar refractivity (Wildman–Crippen MR) is 55.2 cm³/mol. The van der Waals surface area contributed by atoms with E-state index in [1.165, 1.54) is 0 Å². The Bertz CT molecular complexity index is 261. The first-order valence-corrected chi connectivity index (χ1v) is 5.53. The van der Waals surface area contributed by atoms with Gasteiger partial charge in [-0.25, -0.2) is 0 Å². The molecule has 5 heteroatoms. The van der Waals surface area contributed by atoms with Crippen molar-refractivity contribution in [2.75, 3.05) is 32.7 Å². The van der Waals surface area contributed by atoms with Gasteiger partial charge in [-0.1, -0.05) is 0 Å². The lowest BCUT2D eigenvalue weighted by molar-refractivity contribution is -0.138. The topological polar surface area (TPSA) is 61.4 Å². The normalized spacial score (nSPS) is 27.3. The molecule has 0 aromatic carbocycles. The lowest BCUT2D eigenvalue weighted by Crippen LogP contribution is -2.41. The molecular formula is C10H17N3O2. The highest BCUT2D eigenvalue weighted by atomic mass is 16.2. The molecule has 0 saturated carbocycles. The van der Waals surface area contributed by atoms with E-state index in [0.29, 0.717) is 13.1 Å². The minimum Gasteiger partial charge on any atom is -0.354 e. The van der Waals surface area contributed by atoms with Crippen LogP contribution in [0.5, 0.6) is 0 Å². The first kappa shape index (κ1) is 10.4. The van der Waals surface area contributed by atoms with Crippen LogP contribution in [0, 0.1) is 5.92 Å². The average molecular weight is 211 g/mol. The summed E-state index contributed by atoms with van der Waals surface area (Å²) in [5.41, 5.74) is 0. The molecule has 84 valence electrons. The number of rotatable bonds is 1. The number of nitrogens with one attached hydrogen (secondary N) is 2. The zero-order chi connectivity index (χ0) is 10.7. The molecule has 0 aromatic heterocycles. The second kappa shape index (κ2) is 4.61. The zero-order valence-electron chi connectivity index (χ0n) is 8.79. The highest BCUT2D eigenvalue weighted by Gasteiger charge is 2.28. The summed E-state index contributed by atoms with van der Waals surface area (Å²) in [7, 11) is 0. The van der Waals surface area contributed by atoms with E-state index in [9.17, 15) is 9.59 Å². The van der Waals surface area contributed by atoms with Crippen molar-refractivity contribution in [2.24, 2.45) is 5.92 Å². The Morgan fingerprint density at radius 2 is 2.27 bits per heavy atom. The lowest BCUT2D eigenvalue weighted by atomic mass is 10.1. The summed E-state index contributed by atoms with van der Waals surface area (Å²) in [4.78, 5) is 25.0. The van der Waals surface area contributed by atoms with Gasteiger partial charge >= 0.3 is 0 Å². The van der Waals surface area contributed by atoms with E-state index < -0.39 is 0 Å². The summed E-state index contributed by atoms with van der Waals surface area (Å²) in [5.74, 6) is 0.180.